The molecule has 0 N–H and O–H groups in total. The number of sulfonamides is 1. The summed E-state index contributed by atoms with van der Waals surface area (Å²) < 4.78 is 28.5. The molecule has 1 aliphatic rings. The summed E-state index contributed by atoms with van der Waals surface area (Å²) in [6.45, 7) is 1.14. The van der Waals surface area contributed by atoms with E-state index in [4.69, 9.17) is 0 Å². The molecular formula is C19H21N3O3S3. The number of nitrogens with zero attached hydrogens (tertiary/aromatic N) is 3. The zero-order chi connectivity index (χ0) is 19.7. The maximum atomic E-state index is 13.0. The lowest BCUT2D eigenvalue weighted by Gasteiger charge is -2.32. The molecule has 1 aliphatic heterocycles. The molecule has 4 rings (SSSR count). The van der Waals surface area contributed by atoms with Gasteiger partial charge in [0.05, 0.1) is 22.7 Å². The molecule has 0 unspecified atom stereocenters. The molecule has 3 aromatic rings. The van der Waals surface area contributed by atoms with Crippen LogP contribution in [0, 0.1) is 5.92 Å². The van der Waals surface area contributed by atoms with Gasteiger partial charge in [-0.05, 0) is 36.4 Å². The predicted molar refractivity (Wildman–Crippen MR) is 112 cm³/mol. The highest BCUT2D eigenvalue weighted by Gasteiger charge is 2.35. The first kappa shape index (κ1) is 19.5. The van der Waals surface area contributed by atoms with Crippen molar-refractivity contribution in [3.05, 3.63) is 46.8 Å². The highest BCUT2D eigenvalue weighted by molar-refractivity contribution is 7.91. The Morgan fingerprint density at radius 3 is 2.86 bits per heavy atom. The fourth-order valence-electron chi connectivity index (χ4n) is 3.48. The van der Waals surface area contributed by atoms with Crippen LogP contribution in [0.1, 0.15) is 17.8 Å². The molecule has 0 radical (unpaired) electrons. The standard InChI is InChI=1S/C19H21N3O3S3/c1-21(13-17-20-15-7-2-3-8-16(15)27-17)19(23)14-6-4-10-22(12-14)28(24,25)18-9-5-11-26-18/h2-3,5,7-9,11,14H,4,6,10,12-13H2,1H3/t14-/m0/s1. The number of carbonyl (C=O) groups excluding carboxylic acids is 1. The maximum absolute atomic E-state index is 13.0. The summed E-state index contributed by atoms with van der Waals surface area (Å²) in [5.74, 6) is -0.340. The van der Waals surface area contributed by atoms with Crippen LogP contribution in [-0.2, 0) is 21.4 Å². The summed E-state index contributed by atoms with van der Waals surface area (Å²) in [5, 5.41) is 2.64. The number of benzene rings is 1. The van der Waals surface area contributed by atoms with Crippen LogP contribution in [0.3, 0.4) is 0 Å². The van der Waals surface area contributed by atoms with Gasteiger partial charge < -0.3 is 4.90 Å². The van der Waals surface area contributed by atoms with Crippen molar-refractivity contribution >= 4 is 48.8 Å². The van der Waals surface area contributed by atoms with Crippen molar-refractivity contribution in [1.29, 1.82) is 0 Å². The number of thiazole rings is 1. The van der Waals surface area contributed by atoms with Gasteiger partial charge >= 0.3 is 0 Å². The van der Waals surface area contributed by atoms with Gasteiger partial charge in [-0.25, -0.2) is 13.4 Å². The average molecular weight is 436 g/mol. The van der Waals surface area contributed by atoms with Crippen LogP contribution < -0.4 is 0 Å². The van der Waals surface area contributed by atoms with Crippen molar-refractivity contribution in [2.24, 2.45) is 5.92 Å². The highest BCUT2D eigenvalue weighted by atomic mass is 32.2. The molecule has 0 bridgehead atoms. The number of amides is 1. The molecule has 1 amide bonds. The Bertz CT molecular complexity index is 1040. The second kappa shape index (κ2) is 7.90. The Kier molecular flexibility index (Phi) is 5.50. The molecule has 0 spiro atoms. The van der Waals surface area contributed by atoms with Crippen LogP contribution in [0.5, 0.6) is 0 Å². The van der Waals surface area contributed by atoms with Crippen molar-refractivity contribution < 1.29 is 13.2 Å². The minimum Gasteiger partial charge on any atom is -0.339 e. The monoisotopic (exact) mass is 435 g/mol. The number of fused-ring (bicyclic) bond motifs is 1. The van der Waals surface area contributed by atoms with Gasteiger partial charge in [0.15, 0.2) is 0 Å². The number of piperidine rings is 1. The Morgan fingerprint density at radius 1 is 1.29 bits per heavy atom. The molecule has 0 aliphatic carbocycles. The van der Waals surface area contributed by atoms with E-state index in [0.717, 1.165) is 15.2 Å². The van der Waals surface area contributed by atoms with Gasteiger partial charge in [0.2, 0.25) is 5.91 Å². The van der Waals surface area contributed by atoms with E-state index in [-0.39, 0.29) is 18.4 Å². The molecule has 1 atom stereocenters. The molecule has 3 heterocycles. The molecule has 28 heavy (non-hydrogen) atoms. The summed E-state index contributed by atoms with van der Waals surface area (Å²) in [5.41, 5.74) is 0.939. The lowest BCUT2D eigenvalue weighted by Crippen LogP contribution is -2.45. The number of carbonyl (C=O) groups is 1. The van der Waals surface area contributed by atoms with E-state index in [2.05, 4.69) is 4.98 Å². The molecule has 1 saturated heterocycles. The predicted octanol–water partition coefficient (Wildman–Crippen LogP) is 3.42. The summed E-state index contributed by atoms with van der Waals surface area (Å²) in [7, 11) is -1.75. The van der Waals surface area contributed by atoms with E-state index in [1.54, 1.807) is 40.8 Å². The normalized spacial score (nSPS) is 18.4. The molecule has 148 valence electrons. The second-order valence-electron chi connectivity index (χ2n) is 6.90. The zero-order valence-corrected chi connectivity index (χ0v) is 17.9. The number of para-hydroxylation sites is 1. The zero-order valence-electron chi connectivity index (χ0n) is 15.4. The molecule has 0 saturated carbocycles. The van der Waals surface area contributed by atoms with Gasteiger partial charge in [0, 0.05) is 20.1 Å². The lowest BCUT2D eigenvalue weighted by atomic mass is 9.98. The van der Waals surface area contributed by atoms with Gasteiger partial charge in [0.1, 0.15) is 9.22 Å². The third-order valence-electron chi connectivity index (χ3n) is 4.91. The highest BCUT2D eigenvalue weighted by Crippen LogP contribution is 2.28. The Morgan fingerprint density at radius 2 is 2.11 bits per heavy atom. The van der Waals surface area contributed by atoms with E-state index in [1.165, 1.54) is 15.6 Å². The van der Waals surface area contributed by atoms with Crippen LogP contribution in [0.25, 0.3) is 10.2 Å². The molecule has 2 aromatic heterocycles. The number of hydrogen-bond acceptors (Lipinski definition) is 6. The third kappa shape index (κ3) is 3.84. The minimum atomic E-state index is -3.52. The Labute approximate surface area is 172 Å². The Balaban J connectivity index is 1.45. The first-order valence-electron chi connectivity index (χ1n) is 9.08. The van der Waals surface area contributed by atoms with Crippen LogP contribution in [0.2, 0.25) is 0 Å². The SMILES string of the molecule is CN(Cc1nc2ccccc2s1)C(=O)[C@H]1CCCN(S(=O)(=O)c2cccs2)C1. The van der Waals surface area contributed by atoms with Gasteiger partial charge in [-0.2, -0.15) is 4.31 Å². The van der Waals surface area contributed by atoms with Gasteiger partial charge in [-0.1, -0.05) is 18.2 Å². The van der Waals surface area contributed by atoms with Crippen LogP contribution in [0.4, 0.5) is 0 Å². The number of hydrogen-bond donors (Lipinski definition) is 0. The molecule has 1 fully saturated rings. The first-order valence-corrected chi connectivity index (χ1v) is 12.2. The van der Waals surface area contributed by atoms with E-state index >= 15 is 0 Å². The fourth-order valence-corrected chi connectivity index (χ4v) is 7.17. The topological polar surface area (TPSA) is 70.6 Å². The van der Waals surface area contributed by atoms with E-state index in [1.807, 2.05) is 24.3 Å². The van der Waals surface area contributed by atoms with Gasteiger partial charge in [-0.3, -0.25) is 4.79 Å². The van der Waals surface area contributed by atoms with Gasteiger partial charge in [0.25, 0.3) is 10.0 Å². The second-order valence-corrected chi connectivity index (χ2v) is 11.1. The van der Waals surface area contributed by atoms with Crippen molar-refractivity contribution in [1.82, 2.24) is 14.2 Å². The molecule has 6 nitrogen and oxygen atoms in total. The summed E-state index contributed by atoms with van der Waals surface area (Å²) in [4.78, 5) is 19.2. The van der Waals surface area contributed by atoms with E-state index in [0.29, 0.717) is 30.1 Å². The number of aromatic nitrogens is 1. The summed E-state index contributed by atoms with van der Waals surface area (Å²) >= 11 is 2.79. The fraction of sp³-hybridized carbons (Fsp3) is 0.368. The number of thiophene rings is 1. The van der Waals surface area contributed by atoms with Crippen molar-refractivity contribution in [2.75, 3.05) is 20.1 Å². The Hall–Kier alpha value is -1.81. The first-order chi connectivity index (χ1) is 13.4. The van der Waals surface area contributed by atoms with Crippen molar-refractivity contribution in [3.8, 4) is 0 Å². The smallest absolute Gasteiger partial charge is 0.252 e. The van der Waals surface area contributed by atoms with Crippen LogP contribution in [0.15, 0.2) is 46.0 Å². The van der Waals surface area contributed by atoms with E-state index < -0.39 is 10.0 Å². The third-order valence-corrected chi connectivity index (χ3v) is 9.17. The molecular weight excluding hydrogens is 414 g/mol. The quantitative estimate of drug-likeness (QED) is 0.616. The average Bonchev–Trinajstić information content (AvgIpc) is 3.37. The van der Waals surface area contributed by atoms with E-state index in [9.17, 15) is 13.2 Å². The summed E-state index contributed by atoms with van der Waals surface area (Å²) in [6.07, 6.45) is 1.40. The van der Waals surface area contributed by atoms with Gasteiger partial charge in [-0.15, -0.1) is 22.7 Å². The minimum absolute atomic E-state index is 0.0228. The van der Waals surface area contributed by atoms with Crippen molar-refractivity contribution in [2.45, 2.75) is 23.6 Å². The maximum Gasteiger partial charge on any atom is 0.252 e. The van der Waals surface area contributed by atoms with Crippen LogP contribution >= 0.6 is 22.7 Å². The molecule has 1 aromatic carbocycles. The largest absolute Gasteiger partial charge is 0.339 e. The summed E-state index contributed by atoms with van der Waals surface area (Å²) in [6, 6.07) is 11.3. The molecule has 9 heteroatoms. The number of rotatable bonds is 5. The van der Waals surface area contributed by atoms with Crippen molar-refractivity contribution in [3.63, 3.8) is 0 Å². The lowest BCUT2D eigenvalue weighted by molar-refractivity contribution is -0.135. The van der Waals surface area contributed by atoms with Crippen LogP contribution in [-0.4, -0.2) is 48.7 Å².